The van der Waals surface area contributed by atoms with Gasteiger partial charge in [-0.25, -0.2) is 8.42 Å². The Balaban J connectivity index is 1.31. The van der Waals surface area contributed by atoms with Crippen LogP contribution in [0.3, 0.4) is 0 Å². The summed E-state index contributed by atoms with van der Waals surface area (Å²) in [6.45, 7) is 7.31. The molecule has 0 heterocycles. The third kappa shape index (κ3) is 8.59. The zero-order valence-electron chi connectivity index (χ0n) is 23.8. The summed E-state index contributed by atoms with van der Waals surface area (Å²) in [5.41, 5.74) is 3.06. The number of hydrogen-bond donors (Lipinski definition) is 1. The molecule has 0 unspecified atom stereocenters. The van der Waals surface area contributed by atoms with Crippen molar-refractivity contribution < 1.29 is 22.7 Å². The SMILES string of the molecule is CC(C)(C)c1ccc(OCCNC(=O)c2ccc(CN(c3ccc(Oc4ccccc4)cc3)S(C)(=O)=O)cc2)cc1. The molecular weight excluding hydrogens is 536 g/mol. The molecule has 0 atom stereocenters. The summed E-state index contributed by atoms with van der Waals surface area (Å²) in [6, 6.07) is 31.1. The van der Waals surface area contributed by atoms with E-state index < -0.39 is 10.0 Å². The lowest BCUT2D eigenvalue weighted by Gasteiger charge is -2.23. The van der Waals surface area contributed by atoms with Crippen LogP contribution in [0.5, 0.6) is 17.2 Å². The third-order valence-electron chi connectivity index (χ3n) is 6.42. The maximum atomic E-state index is 12.6. The second kappa shape index (κ2) is 12.9. The van der Waals surface area contributed by atoms with Crippen molar-refractivity contribution in [1.29, 1.82) is 0 Å². The van der Waals surface area contributed by atoms with Crippen molar-refractivity contribution in [3.63, 3.8) is 0 Å². The standard InChI is InChI=1S/C33H36N2O5S/c1-33(2,3)27-14-18-29(19-15-27)39-23-22-34-32(36)26-12-10-25(11-13-26)24-35(41(4,37)38)28-16-20-31(21-17-28)40-30-8-6-5-7-9-30/h5-21H,22-24H2,1-4H3,(H,34,36). The number of para-hydroxylation sites is 1. The Kier molecular flexibility index (Phi) is 9.35. The van der Waals surface area contributed by atoms with Crippen LogP contribution in [0.15, 0.2) is 103 Å². The Hall–Kier alpha value is -4.30. The molecule has 0 saturated heterocycles. The molecule has 41 heavy (non-hydrogen) atoms. The second-order valence-electron chi connectivity index (χ2n) is 10.8. The van der Waals surface area contributed by atoms with Crippen LogP contribution in [0, 0.1) is 0 Å². The van der Waals surface area contributed by atoms with Gasteiger partial charge in [0.2, 0.25) is 10.0 Å². The molecule has 214 valence electrons. The van der Waals surface area contributed by atoms with Crippen molar-refractivity contribution >= 4 is 21.6 Å². The molecule has 0 aliphatic rings. The molecule has 4 aromatic carbocycles. The van der Waals surface area contributed by atoms with Gasteiger partial charge >= 0.3 is 0 Å². The fourth-order valence-electron chi connectivity index (χ4n) is 4.12. The second-order valence-corrected chi connectivity index (χ2v) is 12.7. The number of hydrogen-bond acceptors (Lipinski definition) is 5. The summed E-state index contributed by atoms with van der Waals surface area (Å²) in [5.74, 6) is 1.83. The van der Waals surface area contributed by atoms with Gasteiger partial charge in [-0.05, 0) is 77.2 Å². The van der Waals surface area contributed by atoms with E-state index in [2.05, 4.69) is 38.2 Å². The van der Waals surface area contributed by atoms with E-state index in [0.29, 0.717) is 35.9 Å². The molecule has 7 nitrogen and oxygen atoms in total. The number of anilines is 1. The van der Waals surface area contributed by atoms with Crippen molar-refractivity contribution in [2.45, 2.75) is 32.7 Å². The van der Waals surface area contributed by atoms with Gasteiger partial charge in [0.1, 0.15) is 23.9 Å². The van der Waals surface area contributed by atoms with Crippen LogP contribution in [0.4, 0.5) is 5.69 Å². The number of sulfonamides is 1. The van der Waals surface area contributed by atoms with Crippen LogP contribution >= 0.6 is 0 Å². The minimum atomic E-state index is -3.56. The average molecular weight is 573 g/mol. The number of rotatable bonds is 11. The largest absolute Gasteiger partial charge is 0.492 e. The van der Waals surface area contributed by atoms with Gasteiger partial charge in [-0.2, -0.15) is 0 Å². The lowest BCUT2D eigenvalue weighted by atomic mass is 9.87. The number of nitrogens with one attached hydrogen (secondary N) is 1. The summed E-state index contributed by atoms with van der Waals surface area (Å²) in [4.78, 5) is 12.6. The topological polar surface area (TPSA) is 84.9 Å². The Morgan fingerprint density at radius 3 is 1.95 bits per heavy atom. The minimum Gasteiger partial charge on any atom is -0.492 e. The van der Waals surface area contributed by atoms with Crippen LogP contribution < -0.4 is 19.1 Å². The van der Waals surface area contributed by atoms with Gasteiger partial charge in [0.15, 0.2) is 0 Å². The number of nitrogens with zero attached hydrogens (tertiary/aromatic N) is 1. The first-order valence-corrected chi connectivity index (χ1v) is 15.2. The first-order chi connectivity index (χ1) is 19.5. The minimum absolute atomic E-state index is 0.0782. The van der Waals surface area contributed by atoms with Gasteiger partial charge in [0, 0.05) is 5.56 Å². The Bertz CT molecular complexity index is 1530. The highest BCUT2D eigenvalue weighted by Crippen LogP contribution is 2.27. The van der Waals surface area contributed by atoms with Gasteiger partial charge in [0.05, 0.1) is 25.0 Å². The van der Waals surface area contributed by atoms with Gasteiger partial charge in [0.25, 0.3) is 5.91 Å². The van der Waals surface area contributed by atoms with Crippen molar-refractivity contribution in [2.24, 2.45) is 0 Å². The molecule has 0 aromatic heterocycles. The number of amides is 1. The lowest BCUT2D eigenvalue weighted by molar-refractivity contribution is 0.0947. The highest BCUT2D eigenvalue weighted by molar-refractivity contribution is 7.92. The van der Waals surface area contributed by atoms with Crippen LogP contribution in [0.25, 0.3) is 0 Å². The smallest absolute Gasteiger partial charge is 0.251 e. The maximum absolute atomic E-state index is 12.6. The lowest BCUT2D eigenvalue weighted by Crippen LogP contribution is -2.29. The van der Waals surface area contributed by atoms with Crippen molar-refractivity contribution in [2.75, 3.05) is 23.7 Å². The summed E-state index contributed by atoms with van der Waals surface area (Å²) in [5, 5.41) is 2.86. The van der Waals surface area contributed by atoms with E-state index in [1.165, 1.54) is 16.1 Å². The predicted octanol–water partition coefficient (Wildman–Crippen LogP) is 6.55. The molecule has 4 rings (SSSR count). The van der Waals surface area contributed by atoms with E-state index in [4.69, 9.17) is 9.47 Å². The Labute approximate surface area is 242 Å². The summed E-state index contributed by atoms with van der Waals surface area (Å²) in [6.07, 6.45) is 1.17. The highest BCUT2D eigenvalue weighted by Gasteiger charge is 2.18. The normalized spacial score (nSPS) is 11.5. The summed E-state index contributed by atoms with van der Waals surface area (Å²) in [7, 11) is -3.56. The van der Waals surface area contributed by atoms with E-state index in [1.54, 1.807) is 48.5 Å². The molecular formula is C33H36N2O5S. The number of benzene rings is 4. The Morgan fingerprint density at radius 1 is 0.780 bits per heavy atom. The first-order valence-electron chi connectivity index (χ1n) is 13.4. The van der Waals surface area contributed by atoms with Crippen LogP contribution in [-0.4, -0.2) is 33.7 Å². The highest BCUT2D eigenvalue weighted by atomic mass is 32.2. The molecule has 0 saturated carbocycles. The number of carbonyl (C=O) groups excluding carboxylic acids is 1. The fraction of sp³-hybridized carbons (Fsp3) is 0.242. The van der Waals surface area contributed by atoms with E-state index in [1.807, 2.05) is 42.5 Å². The number of carbonyl (C=O) groups is 1. The Morgan fingerprint density at radius 2 is 1.37 bits per heavy atom. The van der Waals surface area contributed by atoms with Gasteiger partial charge < -0.3 is 14.8 Å². The molecule has 0 spiro atoms. The molecule has 0 radical (unpaired) electrons. The van der Waals surface area contributed by atoms with Gasteiger partial charge in [-0.15, -0.1) is 0 Å². The van der Waals surface area contributed by atoms with Gasteiger partial charge in [-0.3, -0.25) is 9.10 Å². The molecule has 1 amide bonds. The molecule has 0 bridgehead atoms. The van der Waals surface area contributed by atoms with Gasteiger partial charge in [-0.1, -0.05) is 63.2 Å². The monoisotopic (exact) mass is 572 g/mol. The molecule has 1 N–H and O–H groups in total. The van der Waals surface area contributed by atoms with Crippen molar-refractivity contribution in [3.05, 3.63) is 120 Å². The molecule has 0 fully saturated rings. The quantitative estimate of drug-likeness (QED) is 0.206. The van der Waals surface area contributed by atoms with Crippen molar-refractivity contribution in [1.82, 2.24) is 5.32 Å². The predicted molar refractivity (Wildman–Crippen MR) is 163 cm³/mol. The zero-order valence-corrected chi connectivity index (χ0v) is 24.6. The van der Waals surface area contributed by atoms with E-state index in [-0.39, 0.29) is 17.9 Å². The first kappa shape index (κ1) is 29.7. The molecule has 8 heteroatoms. The zero-order chi connectivity index (χ0) is 29.5. The van der Waals surface area contributed by atoms with Crippen LogP contribution in [0.2, 0.25) is 0 Å². The molecule has 4 aromatic rings. The van der Waals surface area contributed by atoms with E-state index >= 15 is 0 Å². The van der Waals surface area contributed by atoms with Crippen molar-refractivity contribution in [3.8, 4) is 17.2 Å². The maximum Gasteiger partial charge on any atom is 0.251 e. The summed E-state index contributed by atoms with van der Waals surface area (Å²) >= 11 is 0. The average Bonchev–Trinajstić information content (AvgIpc) is 2.94. The molecule has 0 aliphatic heterocycles. The number of ether oxygens (including phenoxy) is 2. The summed E-state index contributed by atoms with van der Waals surface area (Å²) < 4.78 is 38.1. The fourth-order valence-corrected chi connectivity index (χ4v) is 5.01. The van der Waals surface area contributed by atoms with Crippen LogP contribution in [-0.2, 0) is 22.0 Å². The van der Waals surface area contributed by atoms with E-state index in [9.17, 15) is 13.2 Å². The third-order valence-corrected chi connectivity index (χ3v) is 7.56. The molecule has 0 aliphatic carbocycles. The van der Waals surface area contributed by atoms with E-state index in [0.717, 1.165) is 11.3 Å². The van der Waals surface area contributed by atoms with Crippen LogP contribution in [0.1, 0.15) is 42.3 Å².